The molecule has 0 unspecified atom stereocenters. The summed E-state index contributed by atoms with van der Waals surface area (Å²) in [7, 11) is 1.59. The van der Waals surface area contributed by atoms with E-state index < -0.39 is 0 Å². The summed E-state index contributed by atoms with van der Waals surface area (Å²) in [5, 5.41) is 2.60. The van der Waals surface area contributed by atoms with Crippen LogP contribution in [0.5, 0.6) is 0 Å². The normalized spacial score (nSPS) is 10.8. The van der Waals surface area contributed by atoms with Crippen molar-refractivity contribution >= 4 is 11.8 Å². The Morgan fingerprint density at radius 1 is 1.00 bits per heavy atom. The van der Waals surface area contributed by atoms with Crippen molar-refractivity contribution in [3.63, 3.8) is 0 Å². The summed E-state index contributed by atoms with van der Waals surface area (Å²) >= 11 is 0. The molecule has 1 N–H and O–H groups in total. The molecular formula is C27H26FN3O3. The molecule has 0 aliphatic heterocycles. The van der Waals surface area contributed by atoms with E-state index >= 15 is 0 Å². The van der Waals surface area contributed by atoms with Gasteiger partial charge in [0.25, 0.3) is 11.8 Å². The van der Waals surface area contributed by atoms with Gasteiger partial charge in [-0.1, -0.05) is 12.1 Å². The number of carbonyl (C=O) groups is 2. The first-order chi connectivity index (χ1) is 16.4. The Labute approximate surface area is 197 Å². The van der Waals surface area contributed by atoms with Crippen LogP contribution in [0.4, 0.5) is 4.39 Å². The molecule has 34 heavy (non-hydrogen) atoms. The summed E-state index contributed by atoms with van der Waals surface area (Å²) in [6.45, 7) is 4.44. The molecule has 0 radical (unpaired) electrons. The molecule has 0 fully saturated rings. The van der Waals surface area contributed by atoms with Crippen molar-refractivity contribution in [3.8, 4) is 5.69 Å². The Kier molecular flexibility index (Phi) is 6.63. The van der Waals surface area contributed by atoms with Crippen LogP contribution in [0.3, 0.4) is 0 Å². The second-order valence-corrected chi connectivity index (χ2v) is 8.11. The molecule has 0 saturated heterocycles. The highest BCUT2D eigenvalue weighted by Gasteiger charge is 2.23. The van der Waals surface area contributed by atoms with Crippen LogP contribution in [0.15, 0.2) is 77.4 Å². The minimum Gasteiger partial charge on any atom is -0.467 e. The predicted octanol–water partition coefficient (Wildman–Crippen LogP) is 5.03. The number of nitrogens with one attached hydrogen (secondary N) is 1. The maximum atomic E-state index is 13.7. The zero-order valence-corrected chi connectivity index (χ0v) is 19.3. The van der Waals surface area contributed by atoms with Crippen LogP contribution < -0.4 is 5.32 Å². The highest BCUT2D eigenvalue weighted by Crippen LogP contribution is 2.24. The lowest BCUT2D eigenvalue weighted by Crippen LogP contribution is -2.30. The quantitative estimate of drug-likeness (QED) is 0.422. The average Bonchev–Trinajstić information content (AvgIpc) is 3.46. The van der Waals surface area contributed by atoms with Gasteiger partial charge in [-0.15, -0.1) is 0 Å². The second kappa shape index (κ2) is 9.79. The first kappa shape index (κ1) is 23.0. The summed E-state index contributed by atoms with van der Waals surface area (Å²) in [4.78, 5) is 27.3. The standard InChI is InChI=1S/C27H26FN3O3/c1-18-15-25(19(2)31(18)23-12-10-22(28)11-13-23)27(33)30(17-24-5-4-14-34-24)16-20-6-8-21(9-7-20)26(32)29-3/h4-15H,16-17H2,1-3H3,(H,29,32). The van der Waals surface area contributed by atoms with Gasteiger partial charge in [-0.05, 0) is 74.0 Å². The van der Waals surface area contributed by atoms with E-state index in [-0.39, 0.29) is 17.6 Å². The van der Waals surface area contributed by atoms with Gasteiger partial charge in [0, 0.05) is 36.2 Å². The minimum absolute atomic E-state index is 0.145. The van der Waals surface area contributed by atoms with Gasteiger partial charge in [-0.25, -0.2) is 4.39 Å². The molecule has 2 aromatic carbocycles. The summed E-state index contributed by atoms with van der Waals surface area (Å²) in [6.07, 6.45) is 1.58. The van der Waals surface area contributed by atoms with Gasteiger partial charge < -0.3 is 19.2 Å². The van der Waals surface area contributed by atoms with Crippen molar-refractivity contribution in [3.05, 3.63) is 113 Å². The summed E-state index contributed by atoms with van der Waals surface area (Å²) in [5.41, 5.74) is 4.44. The van der Waals surface area contributed by atoms with E-state index in [0.717, 1.165) is 22.6 Å². The van der Waals surface area contributed by atoms with E-state index in [9.17, 15) is 14.0 Å². The Balaban J connectivity index is 1.65. The lowest BCUT2D eigenvalue weighted by atomic mass is 10.1. The van der Waals surface area contributed by atoms with Gasteiger partial charge in [0.2, 0.25) is 0 Å². The lowest BCUT2D eigenvalue weighted by Gasteiger charge is -2.22. The molecule has 174 valence electrons. The van der Waals surface area contributed by atoms with Gasteiger partial charge in [0.15, 0.2) is 0 Å². The van der Waals surface area contributed by atoms with E-state index in [4.69, 9.17) is 4.42 Å². The van der Waals surface area contributed by atoms with E-state index in [1.54, 1.807) is 48.5 Å². The number of furan rings is 1. The molecule has 0 aliphatic carbocycles. The fourth-order valence-electron chi connectivity index (χ4n) is 4.05. The van der Waals surface area contributed by atoms with Gasteiger partial charge in [-0.3, -0.25) is 9.59 Å². The number of carbonyl (C=O) groups excluding carboxylic acids is 2. The molecule has 4 rings (SSSR count). The number of halogens is 1. The number of aryl methyl sites for hydroxylation is 1. The van der Waals surface area contributed by atoms with Crippen LogP contribution in [-0.4, -0.2) is 28.3 Å². The molecule has 2 amide bonds. The number of aromatic nitrogens is 1. The Morgan fingerprint density at radius 3 is 2.32 bits per heavy atom. The molecule has 4 aromatic rings. The number of amides is 2. The van der Waals surface area contributed by atoms with Crippen molar-refractivity contribution < 1.29 is 18.4 Å². The zero-order chi connectivity index (χ0) is 24.2. The lowest BCUT2D eigenvalue weighted by molar-refractivity contribution is 0.0716. The SMILES string of the molecule is CNC(=O)c1ccc(CN(Cc2ccco2)C(=O)c2cc(C)n(-c3ccc(F)cc3)c2C)cc1. The number of benzene rings is 2. The molecule has 0 aliphatic rings. The van der Waals surface area contributed by atoms with Crippen LogP contribution in [0.25, 0.3) is 5.69 Å². The van der Waals surface area contributed by atoms with Gasteiger partial charge >= 0.3 is 0 Å². The number of nitrogens with zero attached hydrogens (tertiary/aromatic N) is 2. The van der Waals surface area contributed by atoms with E-state index in [0.29, 0.717) is 30.0 Å². The molecule has 2 heterocycles. The molecule has 0 saturated carbocycles. The Hall–Kier alpha value is -4.13. The fourth-order valence-corrected chi connectivity index (χ4v) is 4.05. The van der Waals surface area contributed by atoms with Crippen LogP contribution in [-0.2, 0) is 13.1 Å². The topological polar surface area (TPSA) is 67.5 Å². The van der Waals surface area contributed by atoms with Gasteiger partial charge in [-0.2, -0.15) is 0 Å². The number of hydrogen-bond acceptors (Lipinski definition) is 3. The van der Waals surface area contributed by atoms with Crippen molar-refractivity contribution in [2.75, 3.05) is 7.05 Å². The second-order valence-electron chi connectivity index (χ2n) is 8.11. The fraction of sp³-hybridized carbons (Fsp3) is 0.185. The first-order valence-corrected chi connectivity index (χ1v) is 10.9. The largest absolute Gasteiger partial charge is 0.467 e. The van der Waals surface area contributed by atoms with E-state index in [1.165, 1.54) is 12.1 Å². The monoisotopic (exact) mass is 459 g/mol. The van der Waals surface area contributed by atoms with Crippen molar-refractivity contribution in [1.29, 1.82) is 0 Å². The number of rotatable bonds is 7. The van der Waals surface area contributed by atoms with E-state index in [2.05, 4.69) is 5.32 Å². The third-order valence-corrected chi connectivity index (χ3v) is 5.78. The van der Waals surface area contributed by atoms with E-state index in [1.807, 2.05) is 42.7 Å². The highest BCUT2D eigenvalue weighted by molar-refractivity contribution is 5.96. The van der Waals surface area contributed by atoms with Crippen molar-refractivity contribution in [2.24, 2.45) is 0 Å². The Bertz CT molecular complexity index is 1290. The maximum absolute atomic E-state index is 13.7. The number of hydrogen-bond donors (Lipinski definition) is 1. The van der Waals surface area contributed by atoms with Crippen LogP contribution in [0.1, 0.15) is 43.4 Å². The van der Waals surface area contributed by atoms with Crippen molar-refractivity contribution in [2.45, 2.75) is 26.9 Å². The van der Waals surface area contributed by atoms with Crippen LogP contribution in [0.2, 0.25) is 0 Å². The molecule has 6 nitrogen and oxygen atoms in total. The van der Waals surface area contributed by atoms with Crippen LogP contribution in [0, 0.1) is 19.7 Å². The predicted molar refractivity (Wildman–Crippen MR) is 127 cm³/mol. The summed E-state index contributed by atoms with van der Waals surface area (Å²) in [5.74, 6) is 0.0498. The molecule has 2 aromatic heterocycles. The zero-order valence-electron chi connectivity index (χ0n) is 19.3. The molecular weight excluding hydrogens is 433 g/mol. The van der Waals surface area contributed by atoms with Gasteiger partial charge in [0.1, 0.15) is 11.6 Å². The molecule has 0 spiro atoms. The molecule has 0 bridgehead atoms. The Morgan fingerprint density at radius 2 is 1.71 bits per heavy atom. The smallest absolute Gasteiger partial charge is 0.256 e. The maximum Gasteiger partial charge on any atom is 0.256 e. The molecule has 7 heteroatoms. The van der Waals surface area contributed by atoms with Gasteiger partial charge in [0.05, 0.1) is 18.4 Å². The third-order valence-electron chi connectivity index (χ3n) is 5.78. The van der Waals surface area contributed by atoms with Crippen molar-refractivity contribution in [1.82, 2.24) is 14.8 Å². The third kappa shape index (κ3) is 4.78. The first-order valence-electron chi connectivity index (χ1n) is 10.9. The molecule has 0 atom stereocenters. The summed E-state index contributed by atoms with van der Waals surface area (Å²) in [6, 6.07) is 18.8. The van der Waals surface area contributed by atoms with Crippen LogP contribution >= 0.6 is 0 Å². The summed E-state index contributed by atoms with van der Waals surface area (Å²) < 4.78 is 20.9. The highest BCUT2D eigenvalue weighted by atomic mass is 19.1. The minimum atomic E-state index is -0.311. The average molecular weight is 460 g/mol.